The van der Waals surface area contributed by atoms with Crippen LogP contribution in [0.1, 0.15) is 43.1 Å². The number of carbonyl (C=O) groups excluding carboxylic acids is 2. The van der Waals surface area contributed by atoms with Crippen LogP contribution in [-0.2, 0) is 11.2 Å². The lowest BCUT2D eigenvalue weighted by Gasteiger charge is -2.42. The van der Waals surface area contributed by atoms with Gasteiger partial charge in [0.2, 0.25) is 0 Å². The highest BCUT2D eigenvalue weighted by molar-refractivity contribution is 6.08. The zero-order chi connectivity index (χ0) is 24.9. The van der Waals surface area contributed by atoms with Gasteiger partial charge in [-0.25, -0.2) is 4.79 Å². The third kappa shape index (κ3) is 3.53. The molecule has 0 saturated carbocycles. The van der Waals surface area contributed by atoms with Crippen molar-refractivity contribution in [3.8, 4) is 5.75 Å². The van der Waals surface area contributed by atoms with E-state index in [-0.39, 0.29) is 18.0 Å². The number of ether oxygens (including phenoxy) is 1. The molecule has 6 rings (SSSR count). The number of urea groups is 1. The topological polar surface area (TPSA) is 68.9 Å². The minimum Gasteiger partial charge on any atom is -0.494 e. The minimum absolute atomic E-state index is 0.103. The van der Waals surface area contributed by atoms with Crippen LogP contribution in [0.25, 0.3) is 10.9 Å². The van der Waals surface area contributed by atoms with Crippen LogP contribution in [0.4, 0.5) is 4.79 Å². The molecule has 36 heavy (non-hydrogen) atoms. The number of hydrogen-bond acceptors (Lipinski definition) is 4. The molecule has 0 aliphatic carbocycles. The fraction of sp³-hybridized carbons (Fsp3) is 0.379. The fourth-order valence-electron chi connectivity index (χ4n) is 6.08. The van der Waals surface area contributed by atoms with Gasteiger partial charge in [0.15, 0.2) is 0 Å². The molecular weight excluding hydrogens is 452 g/mol. The monoisotopic (exact) mass is 484 g/mol. The van der Waals surface area contributed by atoms with Crippen molar-refractivity contribution < 1.29 is 14.3 Å². The molecule has 3 aliphatic heterocycles. The zero-order valence-corrected chi connectivity index (χ0v) is 20.9. The summed E-state index contributed by atoms with van der Waals surface area (Å²) in [6.07, 6.45) is 5.56. The smallest absolute Gasteiger partial charge is 0.328 e. The average molecular weight is 485 g/mol. The van der Waals surface area contributed by atoms with Gasteiger partial charge in [-0.15, -0.1) is 0 Å². The highest BCUT2D eigenvalue weighted by Crippen LogP contribution is 2.49. The second-order valence-electron chi connectivity index (χ2n) is 10.1. The van der Waals surface area contributed by atoms with Crippen LogP contribution < -0.4 is 4.74 Å². The summed E-state index contributed by atoms with van der Waals surface area (Å²) >= 11 is 0. The van der Waals surface area contributed by atoms with Crippen LogP contribution in [0.2, 0.25) is 0 Å². The number of fused-ring (bicyclic) bond motifs is 4. The number of imide groups is 1. The van der Waals surface area contributed by atoms with Crippen LogP contribution in [-0.4, -0.2) is 69.9 Å². The highest BCUT2D eigenvalue weighted by Gasteiger charge is 2.60. The van der Waals surface area contributed by atoms with Crippen LogP contribution in [0.5, 0.6) is 5.75 Å². The maximum Gasteiger partial charge on any atom is 0.328 e. The molecule has 0 spiro atoms. The molecule has 0 unspecified atom stereocenters. The molecule has 1 aromatic heterocycles. The van der Waals surface area contributed by atoms with Crippen LogP contribution >= 0.6 is 0 Å². The first kappa shape index (κ1) is 22.9. The Labute approximate surface area is 211 Å². The molecule has 1 saturated heterocycles. The van der Waals surface area contributed by atoms with E-state index in [1.807, 2.05) is 61.2 Å². The molecule has 1 N–H and O–H groups in total. The third-order valence-corrected chi connectivity index (χ3v) is 7.81. The van der Waals surface area contributed by atoms with Gasteiger partial charge in [-0.05, 0) is 49.6 Å². The fourth-order valence-corrected chi connectivity index (χ4v) is 6.08. The molecule has 1 fully saturated rings. The third-order valence-electron chi connectivity index (χ3n) is 7.81. The molecule has 2 aromatic carbocycles. The van der Waals surface area contributed by atoms with E-state index in [0.29, 0.717) is 19.6 Å². The molecule has 3 amide bonds. The Kier molecular flexibility index (Phi) is 5.60. The number of hydrogen-bond donors (Lipinski definition) is 1. The number of rotatable bonds is 7. The van der Waals surface area contributed by atoms with Gasteiger partial charge in [0, 0.05) is 49.2 Å². The van der Waals surface area contributed by atoms with E-state index in [9.17, 15) is 9.59 Å². The normalized spacial score (nSPS) is 23.6. The molecule has 4 heterocycles. The van der Waals surface area contributed by atoms with E-state index in [1.54, 1.807) is 0 Å². The first-order valence-electron chi connectivity index (χ1n) is 12.9. The summed E-state index contributed by atoms with van der Waals surface area (Å²) in [5.74, 6) is 0.705. The van der Waals surface area contributed by atoms with E-state index in [1.165, 1.54) is 4.90 Å². The summed E-state index contributed by atoms with van der Waals surface area (Å²) in [7, 11) is 0. The number of carbonyl (C=O) groups is 2. The van der Waals surface area contributed by atoms with Crippen LogP contribution in [0.15, 0.2) is 60.7 Å². The highest BCUT2D eigenvalue weighted by atomic mass is 16.5. The first-order valence-corrected chi connectivity index (χ1v) is 12.9. The van der Waals surface area contributed by atoms with E-state index >= 15 is 0 Å². The lowest BCUT2D eigenvalue weighted by Crippen LogP contribution is -2.53. The predicted molar refractivity (Wildman–Crippen MR) is 139 cm³/mol. The second kappa shape index (κ2) is 8.82. The van der Waals surface area contributed by atoms with Gasteiger partial charge in [0.05, 0.1) is 6.61 Å². The van der Waals surface area contributed by atoms with Crippen molar-refractivity contribution in [2.75, 3.05) is 32.8 Å². The van der Waals surface area contributed by atoms with Gasteiger partial charge in [-0.3, -0.25) is 19.5 Å². The molecular formula is C29H32N4O3. The lowest BCUT2D eigenvalue weighted by atomic mass is 9.81. The largest absolute Gasteiger partial charge is 0.494 e. The predicted octanol–water partition coefficient (Wildman–Crippen LogP) is 4.50. The number of benzene rings is 2. The van der Waals surface area contributed by atoms with Crippen molar-refractivity contribution in [1.29, 1.82) is 0 Å². The standard InChI is InChI=1S/C29H32N4O3/c1-3-36-21-12-13-24-22(18-21)23-19-29(2)27(34)32(17-9-16-31-14-7-8-15-31)28(35)33(29)26(25(23)30-24)20-10-5-4-6-11-20/h4-8,10-13,18,26,30H,3,9,14-17,19H2,1-2H3/t26-,29+/m1/s1. The maximum absolute atomic E-state index is 13.9. The molecule has 3 aliphatic rings. The number of aromatic amines is 1. The number of aromatic nitrogens is 1. The van der Waals surface area contributed by atoms with Gasteiger partial charge >= 0.3 is 6.03 Å². The first-order chi connectivity index (χ1) is 17.5. The van der Waals surface area contributed by atoms with Gasteiger partial charge in [0.1, 0.15) is 17.3 Å². The molecule has 0 radical (unpaired) electrons. The second-order valence-corrected chi connectivity index (χ2v) is 10.1. The summed E-state index contributed by atoms with van der Waals surface area (Å²) in [5.41, 5.74) is 3.10. The molecule has 186 valence electrons. The zero-order valence-electron chi connectivity index (χ0n) is 20.9. The number of nitrogens with one attached hydrogen (secondary N) is 1. The van der Waals surface area contributed by atoms with E-state index < -0.39 is 5.54 Å². The van der Waals surface area contributed by atoms with Crippen molar-refractivity contribution in [1.82, 2.24) is 19.7 Å². The minimum atomic E-state index is -0.948. The van der Waals surface area contributed by atoms with Gasteiger partial charge in [-0.1, -0.05) is 42.5 Å². The van der Waals surface area contributed by atoms with Crippen molar-refractivity contribution in [3.05, 3.63) is 77.5 Å². The van der Waals surface area contributed by atoms with Crippen molar-refractivity contribution in [2.45, 2.75) is 38.3 Å². The lowest BCUT2D eigenvalue weighted by molar-refractivity contribution is -0.133. The van der Waals surface area contributed by atoms with Crippen molar-refractivity contribution in [2.24, 2.45) is 0 Å². The van der Waals surface area contributed by atoms with Crippen molar-refractivity contribution >= 4 is 22.8 Å². The summed E-state index contributed by atoms with van der Waals surface area (Å²) in [5, 5.41) is 1.05. The maximum atomic E-state index is 13.9. The number of amides is 3. The quantitative estimate of drug-likeness (QED) is 0.396. The number of nitrogens with zero attached hydrogens (tertiary/aromatic N) is 3. The molecule has 7 heteroatoms. The Morgan fingerprint density at radius 2 is 1.83 bits per heavy atom. The Balaban J connectivity index is 1.40. The van der Waals surface area contributed by atoms with Crippen LogP contribution in [0, 0.1) is 0 Å². The SMILES string of the molecule is CCOc1ccc2[nH]c3c(c2c1)C[C@@]1(C)C(=O)N(CCCN2CC=CC2)C(=O)N1[C@@H]3c1ccccc1. The van der Waals surface area contributed by atoms with Gasteiger partial charge in [0.25, 0.3) is 5.91 Å². The summed E-state index contributed by atoms with van der Waals surface area (Å²) < 4.78 is 5.78. The Hall–Kier alpha value is -3.58. The Bertz CT molecular complexity index is 1340. The summed E-state index contributed by atoms with van der Waals surface area (Å²) in [4.78, 5) is 37.0. The Morgan fingerprint density at radius 1 is 1.06 bits per heavy atom. The number of H-pyrrole nitrogens is 1. The summed E-state index contributed by atoms with van der Waals surface area (Å²) in [6, 6.07) is 15.5. The Morgan fingerprint density at radius 3 is 2.58 bits per heavy atom. The van der Waals surface area contributed by atoms with Crippen molar-refractivity contribution in [3.63, 3.8) is 0 Å². The van der Waals surface area contributed by atoms with Crippen LogP contribution in [0.3, 0.4) is 0 Å². The van der Waals surface area contributed by atoms with Gasteiger partial charge < -0.3 is 9.72 Å². The van der Waals surface area contributed by atoms with Gasteiger partial charge in [-0.2, -0.15) is 0 Å². The molecule has 2 atom stereocenters. The van der Waals surface area contributed by atoms with E-state index in [2.05, 4.69) is 28.1 Å². The molecule has 7 nitrogen and oxygen atoms in total. The molecule has 0 bridgehead atoms. The average Bonchev–Trinajstić information content (AvgIpc) is 3.57. The van der Waals surface area contributed by atoms with E-state index in [4.69, 9.17) is 4.74 Å². The summed E-state index contributed by atoms with van der Waals surface area (Å²) in [6.45, 7) is 7.67. The van der Waals surface area contributed by atoms with E-state index in [0.717, 1.165) is 59.5 Å². The molecule has 3 aromatic rings.